The molecular weight excluding hydrogens is 314 g/mol. The van der Waals surface area contributed by atoms with E-state index in [2.05, 4.69) is 33.8 Å². The fourth-order valence-corrected chi connectivity index (χ4v) is 3.84. The van der Waals surface area contributed by atoms with E-state index < -0.39 is 0 Å². The molecule has 1 amide bonds. The molecule has 2 aliphatic heterocycles. The monoisotopic (exact) mass is 341 g/mol. The van der Waals surface area contributed by atoms with Crippen LogP contribution in [0, 0.1) is 11.8 Å². The molecule has 134 valence electrons. The molecule has 1 unspecified atom stereocenters. The zero-order chi connectivity index (χ0) is 17.6. The number of piperazine rings is 1. The number of methoxy groups -OCH3 is 1. The number of carbonyl (C=O) groups is 1. The topological polar surface area (TPSA) is 36.0 Å². The Labute approximate surface area is 150 Å². The van der Waals surface area contributed by atoms with Gasteiger partial charge in [-0.3, -0.25) is 9.69 Å². The summed E-state index contributed by atoms with van der Waals surface area (Å²) in [5.74, 6) is 6.30. The summed E-state index contributed by atoms with van der Waals surface area (Å²) < 4.78 is 5.49. The van der Waals surface area contributed by atoms with Crippen LogP contribution in [0.1, 0.15) is 19.8 Å². The Bertz CT molecular complexity index is 656. The zero-order valence-corrected chi connectivity index (χ0v) is 15.2. The van der Waals surface area contributed by atoms with E-state index in [-0.39, 0.29) is 5.91 Å². The number of anilines is 1. The van der Waals surface area contributed by atoms with Crippen molar-refractivity contribution in [3.63, 3.8) is 0 Å². The van der Waals surface area contributed by atoms with Gasteiger partial charge >= 0.3 is 0 Å². The molecule has 5 nitrogen and oxygen atoms in total. The standard InChI is InChI=1S/C20H27N3O2/c1-3-7-20(24)23-11-6-8-17(16-23)21-12-14-22(15-13-21)18-9-4-5-10-19(18)25-2/h4-5,9-10,17H,6,8,11-16H2,1-2H3. The van der Waals surface area contributed by atoms with Gasteiger partial charge in [0, 0.05) is 45.3 Å². The Hall–Kier alpha value is -2.19. The van der Waals surface area contributed by atoms with Crippen LogP contribution in [-0.2, 0) is 4.79 Å². The van der Waals surface area contributed by atoms with E-state index in [1.165, 1.54) is 5.69 Å². The number of nitrogens with zero attached hydrogens (tertiary/aromatic N) is 3. The average Bonchev–Trinajstić information content (AvgIpc) is 2.68. The van der Waals surface area contributed by atoms with Crippen molar-refractivity contribution in [2.24, 2.45) is 0 Å². The van der Waals surface area contributed by atoms with Gasteiger partial charge in [-0.2, -0.15) is 0 Å². The second kappa shape index (κ2) is 8.26. The van der Waals surface area contributed by atoms with E-state index >= 15 is 0 Å². The molecule has 2 heterocycles. The smallest absolute Gasteiger partial charge is 0.298 e. The summed E-state index contributed by atoms with van der Waals surface area (Å²) >= 11 is 0. The molecule has 0 bridgehead atoms. The largest absolute Gasteiger partial charge is 0.495 e. The number of hydrogen-bond acceptors (Lipinski definition) is 4. The van der Waals surface area contributed by atoms with Gasteiger partial charge in [-0.25, -0.2) is 0 Å². The summed E-state index contributed by atoms with van der Waals surface area (Å²) in [6, 6.07) is 8.66. The molecular formula is C20H27N3O2. The predicted molar refractivity (Wildman–Crippen MR) is 99.8 cm³/mol. The van der Waals surface area contributed by atoms with Crippen molar-refractivity contribution in [3.05, 3.63) is 24.3 Å². The SMILES string of the molecule is CC#CC(=O)N1CCCC(N2CCN(c3ccccc3OC)CC2)C1. The third kappa shape index (κ3) is 4.08. The van der Waals surface area contributed by atoms with Crippen molar-refractivity contribution in [1.29, 1.82) is 0 Å². The van der Waals surface area contributed by atoms with Gasteiger partial charge in [0.05, 0.1) is 12.8 Å². The van der Waals surface area contributed by atoms with Crippen LogP contribution in [0.2, 0.25) is 0 Å². The fraction of sp³-hybridized carbons (Fsp3) is 0.550. The highest BCUT2D eigenvalue weighted by atomic mass is 16.5. The minimum absolute atomic E-state index is 0.0279. The van der Waals surface area contributed by atoms with Crippen LogP contribution in [0.15, 0.2) is 24.3 Å². The molecule has 0 N–H and O–H groups in total. The van der Waals surface area contributed by atoms with Crippen molar-refractivity contribution in [2.75, 3.05) is 51.3 Å². The van der Waals surface area contributed by atoms with Crippen LogP contribution in [0.3, 0.4) is 0 Å². The molecule has 0 radical (unpaired) electrons. The molecule has 1 atom stereocenters. The van der Waals surface area contributed by atoms with Gasteiger partial charge in [-0.15, -0.1) is 0 Å². The number of amides is 1. The molecule has 25 heavy (non-hydrogen) atoms. The molecule has 0 aromatic heterocycles. The molecule has 0 spiro atoms. The molecule has 2 saturated heterocycles. The first-order valence-corrected chi connectivity index (χ1v) is 9.06. The molecule has 1 aromatic carbocycles. The highest BCUT2D eigenvalue weighted by Crippen LogP contribution is 2.29. The molecule has 1 aromatic rings. The zero-order valence-electron chi connectivity index (χ0n) is 15.2. The lowest BCUT2D eigenvalue weighted by molar-refractivity contribution is -0.127. The lowest BCUT2D eigenvalue weighted by Crippen LogP contribution is -2.55. The summed E-state index contributed by atoms with van der Waals surface area (Å²) in [5.41, 5.74) is 1.17. The first-order valence-electron chi connectivity index (χ1n) is 9.06. The van der Waals surface area contributed by atoms with Crippen LogP contribution in [0.5, 0.6) is 5.75 Å². The third-order valence-electron chi connectivity index (χ3n) is 5.17. The Morgan fingerprint density at radius 2 is 1.92 bits per heavy atom. The van der Waals surface area contributed by atoms with Crippen LogP contribution >= 0.6 is 0 Å². The van der Waals surface area contributed by atoms with Crippen LogP contribution in [0.25, 0.3) is 0 Å². The van der Waals surface area contributed by atoms with Gasteiger partial charge in [0.1, 0.15) is 5.75 Å². The Kier molecular flexibility index (Phi) is 5.83. The highest BCUT2D eigenvalue weighted by Gasteiger charge is 2.30. The second-order valence-electron chi connectivity index (χ2n) is 6.62. The van der Waals surface area contributed by atoms with Crippen LogP contribution in [0.4, 0.5) is 5.69 Å². The number of para-hydroxylation sites is 2. The first kappa shape index (κ1) is 17.6. The van der Waals surface area contributed by atoms with Gasteiger partial charge in [0.25, 0.3) is 5.91 Å². The Morgan fingerprint density at radius 3 is 2.64 bits per heavy atom. The van der Waals surface area contributed by atoms with Gasteiger partial charge in [-0.05, 0) is 37.8 Å². The number of piperidine rings is 1. The van der Waals surface area contributed by atoms with E-state index in [9.17, 15) is 4.79 Å². The lowest BCUT2D eigenvalue weighted by Gasteiger charge is -2.43. The molecule has 3 rings (SSSR count). The molecule has 5 heteroatoms. The quantitative estimate of drug-likeness (QED) is 0.786. The maximum atomic E-state index is 12.0. The second-order valence-corrected chi connectivity index (χ2v) is 6.62. The van der Waals surface area contributed by atoms with Crippen molar-refractivity contribution in [1.82, 2.24) is 9.80 Å². The lowest BCUT2D eigenvalue weighted by atomic mass is 10.0. The predicted octanol–water partition coefficient (Wildman–Crippen LogP) is 1.83. The maximum Gasteiger partial charge on any atom is 0.298 e. The van der Waals surface area contributed by atoms with Crippen molar-refractivity contribution < 1.29 is 9.53 Å². The molecule has 0 aliphatic carbocycles. The summed E-state index contributed by atoms with van der Waals surface area (Å²) in [7, 11) is 1.72. The van der Waals surface area contributed by atoms with E-state index in [1.807, 2.05) is 17.0 Å². The molecule has 0 saturated carbocycles. The number of hydrogen-bond donors (Lipinski definition) is 0. The van der Waals surface area contributed by atoms with Crippen molar-refractivity contribution in [2.45, 2.75) is 25.8 Å². The van der Waals surface area contributed by atoms with E-state index in [0.29, 0.717) is 6.04 Å². The molecule has 2 aliphatic rings. The van der Waals surface area contributed by atoms with Crippen LogP contribution < -0.4 is 9.64 Å². The first-order chi connectivity index (χ1) is 12.2. The third-order valence-corrected chi connectivity index (χ3v) is 5.17. The highest BCUT2D eigenvalue weighted by molar-refractivity contribution is 5.93. The number of likely N-dealkylation sites (tertiary alicyclic amines) is 1. The van der Waals surface area contributed by atoms with Gasteiger partial charge in [0.15, 0.2) is 0 Å². The van der Waals surface area contributed by atoms with Gasteiger partial charge < -0.3 is 14.5 Å². The van der Waals surface area contributed by atoms with Crippen molar-refractivity contribution in [3.8, 4) is 17.6 Å². The van der Waals surface area contributed by atoms with E-state index in [1.54, 1.807) is 14.0 Å². The number of benzene rings is 1. The summed E-state index contributed by atoms with van der Waals surface area (Å²) in [6.45, 7) is 7.37. The van der Waals surface area contributed by atoms with E-state index in [4.69, 9.17) is 4.74 Å². The normalized spacial score (nSPS) is 21.4. The van der Waals surface area contributed by atoms with E-state index in [0.717, 1.165) is 57.9 Å². The number of rotatable bonds is 3. The summed E-state index contributed by atoms with van der Waals surface area (Å²) in [6.07, 6.45) is 2.23. The number of ether oxygens (including phenoxy) is 1. The summed E-state index contributed by atoms with van der Waals surface area (Å²) in [4.78, 5) is 18.9. The average molecular weight is 341 g/mol. The maximum absolute atomic E-state index is 12.0. The van der Waals surface area contributed by atoms with Gasteiger partial charge in [0.2, 0.25) is 0 Å². The number of carbonyl (C=O) groups excluding carboxylic acids is 1. The Morgan fingerprint density at radius 1 is 1.16 bits per heavy atom. The minimum Gasteiger partial charge on any atom is -0.495 e. The van der Waals surface area contributed by atoms with Gasteiger partial charge in [-0.1, -0.05) is 18.1 Å². The molecule has 2 fully saturated rings. The minimum atomic E-state index is -0.0279. The summed E-state index contributed by atoms with van der Waals surface area (Å²) in [5, 5.41) is 0. The fourth-order valence-electron chi connectivity index (χ4n) is 3.84. The Balaban J connectivity index is 1.58. The van der Waals surface area contributed by atoms with Crippen molar-refractivity contribution >= 4 is 11.6 Å². The van der Waals surface area contributed by atoms with Crippen LogP contribution in [-0.4, -0.2) is 68.1 Å².